The van der Waals surface area contributed by atoms with Gasteiger partial charge in [0.25, 0.3) is 11.8 Å². The van der Waals surface area contributed by atoms with Crippen LogP contribution in [0.3, 0.4) is 0 Å². The number of halogens is 4. The van der Waals surface area contributed by atoms with Crippen LogP contribution in [-0.4, -0.2) is 49.4 Å². The highest BCUT2D eigenvalue weighted by molar-refractivity contribution is 6.33. The first-order chi connectivity index (χ1) is 14.2. The van der Waals surface area contributed by atoms with E-state index in [1.807, 2.05) is 9.80 Å². The number of alkyl halides is 3. The van der Waals surface area contributed by atoms with Gasteiger partial charge < -0.3 is 4.90 Å². The van der Waals surface area contributed by atoms with E-state index in [4.69, 9.17) is 11.6 Å². The molecule has 0 aliphatic carbocycles. The average Bonchev–Trinajstić information content (AvgIpc) is 2.72. The Morgan fingerprint density at radius 1 is 0.967 bits per heavy atom. The van der Waals surface area contributed by atoms with Crippen molar-refractivity contribution in [2.45, 2.75) is 6.18 Å². The first-order valence-corrected chi connectivity index (χ1v) is 9.60. The van der Waals surface area contributed by atoms with Crippen LogP contribution in [0.2, 0.25) is 5.02 Å². The number of hydrogen-bond acceptors (Lipinski definition) is 4. The highest BCUT2D eigenvalue weighted by Gasteiger charge is 2.31. The van der Waals surface area contributed by atoms with Crippen molar-refractivity contribution in [1.29, 1.82) is 0 Å². The highest BCUT2D eigenvalue weighted by atomic mass is 35.5. The van der Waals surface area contributed by atoms with E-state index in [2.05, 4.69) is 10.9 Å². The van der Waals surface area contributed by atoms with Gasteiger partial charge in [-0.1, -0.05) is 29.8 Å². The van der Waals surface area contributed by atoms with Gasteiger partial charge >= 0.3 is 6.18 Å². The zero-order valence-electron chi connectivity index (χ0n) is 15.9. The zero-order chi connectivity index (χ0) is 21.7. The number of rotatable bonds is 4. The maximum absolute atomic E-state index is 12.9. The van der Waals surface area contributed by atoms with Gasteiger partial charge in [-0.3, -0.25) is 25.3 Å². The van der Waals surface area contributed by atoms with Gasteiger partial charge in [0, 0.05) is 31.9 Å². The molecule has 2 N–H and O–H groups in total. The Labute approximate surface area is 176 Å². The van der Waals surface area contributed by atoms with Crippen LogP contribution in [0.25, 0.3) is 0 Å². The molecule has 2 amide bonds. The Morgan fingerprint density at radius 3 is 2.33 bits per heavy atom. The molecule has 1 fully saturated rings. The van der Waals surface area contributed by atoms with Crippen molar-refractivity contribution >= 4 is 29.1 Å². The van der Waals surface area contributed by atoms with Crippen LogP contribution in [0.4, 0.5) is 18.9 Å². The molecule has 10 heteroatoms. The van der Waals surface area contributed by atoms with Crippen molar-refractivity contribution in [3.63, 3.8) is 0 Å². The Kier molecular flexibility index (Phi) is 6.84. The number of benzene rings is 2. The number of carbonyl (C=O) groups excluding carboxylic acids is 2. The molecule has 3 rings (SSSR count). The van der Waals surface area contributed by atoms with E-state index in [9.17, 15) is 22.8 Å². The predicted molar refractivity (Wildman–Crippen MR) is 107 cm³/mol. The van der Waals surface area contributed by atoms with Gasteiger partial charge in [0.15, 0.2) is 0 Å². The number of hydrazine groups is 1. The van der Waals surface area contributed by atoms with E-state index in [0.29, 0.717) is 31.9 Å². The summed E-state index contributed by atoms with van der Waals surface area (Å²) < 4.78 is 38.7. The monoisotopic (exact) mass is 440 g/mol. The molecule has 0 unspecified atom stereocenters. The van der Waals surface area contributed by atoms with E-state index in [0.717, 1.165) is 12.1 Å². The van der Waals surface area contributed by atoms with E-state index in [1.54, 1.807) is 24.3 Å². The molecule has 6 nitrogen and oxygen atoms in total. The Bertz CT molecular complexity index is 915. The summed E-state index contributed by atoms with van der Waals surface area (Å²) in [6.45, 7) is 2.03. The van der Waals surface area contributed by atoms with Crippen LogP contribution in [0.15, 0.2) is 48.5 Å². The average molecular weight is 441 g/mol. The summed E-state index contributed by atoms with van der Waals surface area (Å²) in [5.74, 6) is -0.925. The zero-order valence-corrected chi connectivity index (χ0v) is 16.6. The third-order valence-electron chi connectivity index (χ3n) is 4.71. The topological polar surface area (TPSA) is 64.7 Å². The van der Waals surface area contributed by atoms with Crippen LogP contribution in [-0.2, 0) is 11.0 Å². The van der Waals surface area contributed by atoms with Gasteiger partial charge in [0.1, 0.15) is 0 Å². The second-order valence-corrected chi connectivity index (χ2v) is 7.20. The number of amides is 2. The van der Waals surface area contributed by atoms with Crippen molar-refractivity contribution < 1.29 is 22.8 Å². The van der Waals surface area contributed by atoms with Crippen LogP contribution in [0.5, 0.6) is 0 Å². The van der Waals surface area contributed by atoms with E-state index in [1.165, 1.54) is 12.1 Å². The summed E-state index contributed by atoms with van der Waals surface area (Å²) in [5, 5.41) is 0.273. The molecule has 0 atom stereocenters. The van der Waals surface area contributed by atoms with Gasteiger partial charge in [0.2, 0.25) is 0 Å². The predicted octanol–water partition coefficient (Wildman–Crippen LogP) is 2.94. The molecule has 2 aromatic rings. The fraction of sp³-hybridized carbons (Fsp3) is 0.300. The molecule has 0 bridgehead atoms. The number of anilines is 1. The first-order valence-electron chi connectivity index (χ1n) is 9.22. The molecule has 30 heavy (non-hydrogen) atoms. The Hall–Kier alpha value is -2.78. The maximum atomic E-state index is 12.9. The second kappa shape index (κ2) is 9.36. The van der Waals surface area contributed by atoms with Gasteiger partial charge in [-0.15, -0.1) is 0 Å². The summed E-state index contributed by atoms with van der Waals surface area (Å²) in [6, 6.07) is 11.7. The second-order valence-electron chi connectivity index (χ2n) is 6.79. The fourth-order valence-corrected chi connectivity index (χ4v) is 3.35. The number of piperazine rings is 1. The highest BCUT2D eigenvalue weighted by Crippen LogP contribution is 2.31. The Morgan fingerprint density at radius 2 is 1.67 bits per heavy atom. The number of nitrogens with zero attached hydrogens (tertiary/aromatic N) is 2. The van der Waals surface area contributed by atoms with Crippen molar-refractivity contribution in [2.75, 3.05) is 37.6 Å². The van der Waals surface area contributed by atoms with E-state index >= 15 is 0 Å². The lowest BCUT2D eigenvalue weighted by atomic mass is 10.1. The van der Waals surface area contributed by atoms with Gasteiger partial charge in [-0.2, -0.15) is 13.2 Å². The third-order valence-corrected chi connectivity index (χ3v) is 5.04. The molecule has 1 saturated heterocycles. The van der Waals surface area contributed by atoms with Crippen LogP contribution in [0.1, 0.15) is 15.9 Å². The standard InChI is InChI=1S/C20H20ClF3N4O2/c21-17-7-2-1-6-16(17)19(30)26-25-18(29)13-27-8-10-28(11-9-27)15-5-3-4-14(12-15)20(22,23)24/h1-7,12H,8-11,13H2,(H,25,29)(H,26,30). The number of hydrogen-bond donors (Lipinski definition) is 2. The lowest BCUT2D eigenvalue weighted by Crippen LogP contribution is -2.52. The molecule has 0 spiro atoms. The lowest BCUT2D eigenvalue weighted by molar-refractivity contribution is -0.137. The molecule has 2 aromatic carbocycles. The summed E-state index contributed by atoms with van der Waals surface area (Å²) in [7, 11) is 0. The minimum Gasteiger partial charge on any atom is -0.369 e. The quantitative estimate of drug-likeness (QED) is 0.717. The molecule has 1 aliphatic heterocycles. The SMILES string of the molecule is O=C(CN1CCN(c2cccc(C(F)(F)F)c2)CC1)NNC(=O)c1ccccc1Cl. The normalized spacial score (nSPS) is 15.0. The minimum absolute atomic E-state index is 0.0548. The molecule has 1 aliphatic rings. The van der Waals surface area contributed by atoms with Crippen molar-refractivity contribution in [1.82, 2.24) is 15.8 Å². The molecular weight excluding hydrogens is 421 g/mol. The molecule has 0 aromatic heterocycles. The van der Waals surface area contributed by atoms with Crippen molar-refractivity contribution in [2.24, 2.45) is 0 Å². The summed E-state index contributed by atoms with van der Waals surface area (Å²) in [4.78, 5) is 27.9. The van der Waals surface area contributed by atoms with Gasteiger partial charge in [0.05, 0.1) is 22.7 Å². The number of carbonyl (C=O) groups is 2. The molecule has 160 valence electrons. The third kappa shape index (κ3) is 5.64. The Balaban J connectivity index is 1.46. The van der Waals surface area contributed by atoms with E-state index < -0.39 is 23.6 Å². The van der Waals surface area contributed by atoms with Crippen molar-refractivity contribution in [3.05, 3.63) is 64.7 Å². The first kappa shape index (κ1) is 21.9. The lowest BCUT2D eigenvalue weighted by Gasteiger charge is -2.35. The molecule has 0 radical (unpaired) electrons. The smallest absolute Gasteiger partial charge is 0.369 e. The van der Waals surface area contributed by atoms with Crippen molar-refractivity contribution in [3.8, 4) is 0 Å². The minimum atomic E-state index is -4.38. The van der Waals surface area contributed by atoms with Gasteiger partial charge in [-0.05, 0) is 30.3 Å². The van der Waals surface area contributed by atoms with Crippen LogP contribution >= 0.6 is 11.6 Å². The van der Waals surface area contributed by atoms with E-state index in [-0.39, 0.29) is 17.1 Å². The fourth-order valence-electron chi connectivity index (χ4n) is 3.12. The van der Waals surface area contributed by atoms with Gasteiger partial charge in [-0.25, -0.2) is 0 Å². The number of nitrogens with one attached hydrogen (secondary N) is 2. The maximum Gasteiger partial charge on any atom is 0.416 e. The molecule has 0 saturated carbocycles. The van der Waals surface area contributed by atoms with Crippen LogP contribution < -0.4 is 15.8 Å². The summed E-state index contributed by atoms with van der Waals surface area (Å²) in [5.41, 5.74) is 4.72. The largest absolute Gasteiger partial charge is 0.416 e. The summed E-state index contributed by atoms with van der Waals surface area (Å²) >= 11 is 5.94. The molecule has 1 heterocycles. The molecular formula is C20H20ClF3N4O2. The summed E-state index contributed by atoms with van der Waals surface area (Å²) in [6.07, 6.45) is -4.38. The van der Waals surface area contributed by atoms with Crippen LogP contribution in [0, 0.1) is 0 Å².